The Kier molecular flexibility index (Phi) is 3.36. The first-order valence-electron chi connectivity index (χ1n) is 5.24. The van der Waals surface area contributed by atoms with Crippen LogP contribution in [0.3, 0.4) is 0 Å². The Bertz CT molecular complexity index is 648. The molecule has 0 bridgehead atoms. The van der Waals surface area contributed by atoms with Crippen molar-refractivity contribution in [2.45, 2.75) is 4.90 Å². The Morgan fingerprint density at radius 3 is 2.22 bits per heavy atom. The molecule has 0 radical (unpaired) electrons. The average Bonchev–Trinajstić information content (AvgIpc) is 2.37. The molecule has 0 fully saturated rings. The highest BCUT2D eigenvalue weighted by Gasteiger charge is 2.19. The number of benzene rings is 2. The van der Waals surface area contributed by atoms with Crippen LogP contribution in [0.15, 0.2) is 53.4 Å². The third-order valence-electron chi connectivity index (χ3n) is 2.55. The van der Waals surface area contributed by atoms with Crippen LogP contribution < -0.4 is 4.74 Å². The summed E-state index contributed by atoms with van der Waals surface area (Å²) in [7, 11) is -2.93. The first-order chi connectivity index (χ1) is 8.54. The third kappa shape index (κ3) is 2.37. The highest BCUT2D eigenvalue weighted by atomic mass is 32.2. The van der Waals surface area contributed by atoms with Gasteiger partial charge in [0.15, 0.2) is 0 Å². The summed E-state index contributed by atoms with van der Waals surface area (Å²) in [6.45, 7) is 0. The van der Waals surface area contributed by atoms with E-state index < -0.39 is 10.1 Å². The summed E-state index contributed by atoms with van der Waals surface area (Å²) in [6.07, 6.45) is 0. The highest BCUT2D eigenvalue weighted by Crippen LogP contribution is 2.35. The smallest absolute Gasteiger partial charge is 0.298 e. The molecule has 94 valence electrons. The first kappa shape index (κ1) is 12.6. The molecule has 0 unspecified atom stereocenters. The molecular formula is C13H12O4S. The van der Waals surface area contributed by atoms with E-state index in [2.05, 4.69) is 0 Å². The summed E-state index contributed by atoms with van der Waals surface area (Å²) >= 11 is 0. The van der Waals surface area contributed by atoms with Gasteiger partial charge in [-0.1, -0.05) is 42.5 Å². The van der Waals surface area contributed by atoms with Gasteiger partial charge in [-0.05, 0) is 11.6 Å². The van der Waals surface area contributed by atoms with Gasteiger partial charge < -0.3 is 4.74 Å². The molecule has 0 saturated heterocycles. The number of hydrogen-bond acceptors (Lipinski definition) is 3. The second kappa shape index (κ2) is 4.80. The van der Waals surface area contributed by atoms with Gasteiger partial charge >= 0.3 is 0 Å². The normalized spacial score (nSPS) is 11.2. The number of methoxy groups -OCH3 is 1. The minimum Gasteiger partial charge on any atom is -0.495 e. The van der Waals surface area contributed by atoms with Crippen LogP contribution in [0.2, 0.25) is 0 Å². The van der Waals surface area contributed by atoms with Gasteiger partial charge in [0.2, 0.25) is 0 Å². The molecule has 5 heteroatoms. The van der Waals surface area contributed by atoms with Crippen molar-refractivity contribution in [3.63, 3.8) is 0 Å². The second-order valence-corrected chi connectivity index (χ2v) is 5.07. The lowest BCUT2D eigenvalue weighted by Gasteiger charge is -2.11. The van der Waals surface area contributed by atoms with Crippen LogP contribution in [0.5, 0.6) is 5.75 Å². The van der Waals surface area contributed by atoms with Crippen LogP contribution in [-0.2, 0) is 10.1 Å². The van der Waals surface area contributed by atoms with Crippen molar-refractivity contribution < 1.29 is 17.7 Å². The lowest BCUT2D eigenvalue weighted by Crippen LogP contribution is -2.02. The summed E-state index contributed by atoms with van der Waals surface area (Å²) in [6, 6.07) is 13.8. The molecule has 0 atom stereocenters. The molecule has 0 aliphatic rings. The van der Waals surface area contributed by atoms with Gasteiger partial charge in [0.1, 0.15) is 10.6 Å². The van der Waals surface area contributed by atoms with E-state index in [1.165, 1.54) is 13.2 Å². The molecule has 0 aromatic heterocycles. The quantitative estimate of drug-likeness (QED) is 0.865. The van der Waals surface area contributed by atoms with E-state index in [1.807, 2.05) is 30.3 Å². The Morgan fingerprint density at radius 2 is 1.67 bits per heavy atom. The van der Waals surface area contributed by atoms with Crippen molar-refractivity contribution in [1.29, 1.82) is 0 Å². The van der Waals surface area contributed by atoms with Gasteiger partial charge in [0, 0.05) is 5.56 Å². The summed E-state index contributed by atoms with van der Waals surface area (Å²) in [4.78, 5) is -0.230. The molecule has 18 heavy (non-hydrogen) atoms. The van der Waals surface area contributed by atoms with E-state index in [0.717, 1.165) is 5.56 Å². The van der Waals surface area contributed by atoms with Gasteiger partial charge in [-0.15, -0.1) is 0 Å². The van der Waals surface area contributed by atoms with Gasteiger partial charge in [-0.3, -0.25) is 4.55 Å². The molecule has 2 aromatic rings. The fourth-order valence-electron chi connectivity index (χ4n) is 1.77. The predicted molar refractivity (Wildman–Crippen MR) is 68.2 cm³/mol. The lowest BCUT2D eigenvalue weighted by molar-refractivity contribution is 0.399. The molecule has 0 amide bonds. The van der Waals surface area contributed by atoms with Crippen molar-refractivity contribution in [3.8, 4) is 16.9 Å². The zero-order valence-corrected chi connectivity index (χ0v) is 10.5. The maximum Gasteiger partial charge on any atom is 0.298 e. The monoisotopic (exact) mass is 264 g/mol. The molecule has 2 aromatic carbocycles. The van der Waals surface area contributed by atoms with E-state index in [-0.39, 0.29) is 10.6 Å². The maximum atomic E-state index is 11.3. The molecule has 0 aliphatic heterocycles. The number of ether oxygens (including phenoxy) is 1. The number of rotatable bonds is 3. The van der Waals surface area contributed by atoms with Crippen LogP contribution in [0.25, 0.3) is 11.1 Å². The standard InChI is InChI=1S/C13H12O4S/c1-17-13-11(10-6-3-2-4-7-10)8-5-9-12(13)18(14,15)16/h2-9H,1H3,(H,14,15,16). The second-order valence-electron chi connectivity index (χ2n) is 3.68. The fourth-order valence-corrected chi connectivity index (χ4v) is 2.45. The molecule has 2 rings (SSSR count). The van der Waals surface area contributed by atoms with Crippen LogP contribution in [0.4, 0.5) is 0 Å². The number of hydrogen-bond donors (Lipinski definition) is 1. The fraction of sp³-hybridized carbons (Fsp3) is 0.0769. The minimum absolute atomic E-state index is 0.145. The van der Waals surface area contributed by atoms with E-state index in [0.29, 0.717) is 5.56 Å². The molecular weight excluding hydrogens is 252 g/mol. The molecule has 0 spiro atoms. The summed E-state index contributed by atoms with van der Waals surface area (Å²) in [5.41, 5.74) is 1.44. The van der Waals surface area contributed by atoms with E-state index in [9.17, 15) is 8.42 Å². The zero-order valence-electron chi connectivity index (χ0n) is 9.70. The summed E-state index contributed by atoms with van der Waals surface area (Å²) < 4.78 is 36.8. The molecule has 4 nitrogen and oxygen atoms in total. The SMILES string of the molecule is COc1c(-c2ccccc2)cccc1S(=O)(=O)O. The largest absolute Gasteiger partial charge is 0.495 e. The van der Waals surface area contributed by atoms with Crippen molar-refractivity contribution in [2.75, 3.05) is 7.11 Å². The van der Waals surface area contributed by atoms with Crippen molar-refractivity contribution in [2.24, 2.45) is 0 Å². The lowest BCUT2D eigenvalue weighted by atomic mass is 10.1. The van der Waals surface area contributed by atoms with Crippen LogP contribution in [-0.4, -0.2) is 20.1 Å². The van der Waals surface area contributed by atoms with E-state index in [4.69, 9.17) is 9.29 Å². The predicted octanol–water partition coefficient (Wildman–Crippen LogP) is 2.61. The van der Waals surface area contributed by atoms with Crippen molar-refractivity contribution in [3.05, 3.63) is 48.5 Å². The summed E-state index contributed by atoms with van der Waals surface area (Å²) in [5.74, 6) is 0.145. The van der Waals surface area contributed by atoms with Crippen LogP contribution in [0.1, 0.15) is 0 Å². The topological polar surface area (TPSA) is 63.6 Å². The minimum atomic E-state index is -4.30. The number of para-hydroxylation sites is 1. The Hall–Kier alpha value is -1.85. The van der Waals surface area contributed by atoms with Crippen molar-refractivity contribution >= 4 is 10.1 Å². The highest BCUT2D eigenvalue weighted by molar-refractivity contribution is 7.86. The van der Waals surface area contributed by atoms with Crippen LogP contribution >= 0.6 is 0 Å². The van der Waals surface area contributed by atoms with E-state index in [1.54, 1.807) is 12.1 Å². The van der Waals surface area contributed by atoms with Gasteiger partial charge in [-0.2, -0.15) is 8.42 Å². The first-order valence-corrected chi connectivity index (χ1v) is 6.68. The van der Waals surface area contributed by atoms with Crippen molar-refractivity contribution in [1.82, 2.24) is 0 Å². The Labute approximate surface area is 106 Å². The maximum absolute atomic E-state index is 11.3. The molecule has 0 saturated carbocycles. The van der Waals surface area contributed by atoms with Gasteiger partial charge in [0.25, 0.3) is 10.1 Å². The third-order valence-corrected chi connectivity index (χ3v) is 3.42. The zero-order chi connectivity index (χ0) is 13.2. The Morgan fingerprint density at radius 1 is 1.00 bits per heavy atom. The molecule has 1 N–H and O–H groups in total. The molecule has 0 aliphatic carbocycles. The molecule has 0 heterocycles. The average molecular weight is 264 g/mol. The van der Waals surface area contributed by atoms with Gasteiger partial charge in [-0.25, -0.2) is 0 Å². The van der Waals surface area contributed by atoms with Gasteiger partial charge in [0.05, 0.1) is 7.11 Å². The summed E-state index contributed by atoms with van der Waals surface area (Å²) in [5, 5.41) is 0. The van der Waals surface area contributed by atoms with Crippen LogP contribution in [0, 0.1) is 0 Å². The Balaban J connectivity index is 2.71. The van der Waals surface area contributed by atoms with E-state index >= 15 is 0 Å².